The van der Waals surface area contributed by atoms with Gasteiger partial charge in [0.25, 0.3) is 14.4 Å². The summed E-state index contributed by atoms with van der Waals surface area (Å²) in [5.41, 5.74) is 1.44. The molecule has 3 rings (SSSR count). The van der Waals surface area contributed by atoms with E-state index in [1.54, 1.807) is 31.2 Å². The SMILES string of the molecule is CCC(C(=O)Nc1nnc(S(=O)(=O)N(CC)c2ccccc2)s1)c1ccccc1. The maximum atomic E-state index is 13.0. The molecule has 0 aliphatic rings. The van der Waals surface area contributed by atoms with Gasteiger partial charge in [-0.2, -0.15) is 8.42 Å². The number of sulfonamides is 1. The third-order valence-electron chi connectivity index (χ3n) is 4.41. The van der Waals surface area contributed by atoms with Gasteiger partial charge in [0.1, 0.15) is 0 Å². The Morgan fingerprint density at radius 1 is 1.03 bits per heavy atom. The van der Waals surface area contributed by atoms with Crippen molar-refractivity contribution in [2.75, 3.05) is 16.2 Å². The van der Waals surface area contributed by atoms with Gasteiger partial charge in [0.2, 0.25) is 11.0 Å². The number of rotatable bonds is 8. The Morgan fingerprint density at radius 3 is 2.24 bits per heavy atom. The topological polar surface area (TPSA) is 92.3 Å². The number of benzene rings is 2. The first kappa shape index (κ1) is 20.9. The van der Waals surface area contributed by atoms with Crippen LogP contribution >= 0.6 is 11.3 Å². The number of hydrogen-bond acceptors (Lipinski definition) is 6. The molecule has 9 heteroatoms. The lowest BCUT2D eigenvalue weighted by atomic mass is 9.96. The van der Waals surface area contributed by atoms with E-state index in [9.17, 15) is 13.2 Å². The van der Waals surface area contributed by atoms with E-state index in [1.807, 2.05) is 43.3 Å². The Morgan fingerprint density at radius 2 is 1.66 bits per heavy atom. The molecular weight excluding hydrogens is 408 g/mol. The van der Waals surface area contributed by atoms with Crippen LogP contribution in [0.1, 0.15) is 31.7 Å². The molecule has 1 atom stereocenters. The summed E-state index contributed by atoms with van der Waals surface area (Å²) in [4.78, 5) is 12.7. The van der Waals surface area contributed by atoms with E-state index in [0.29, 0.717) is 12.1 Å². The predicted octanol–water partition coefficient (Wildman–Crippen LogP) is 3.89. The molecule has 0 saturated heterocycles. The zero-order valence-corrected chi connectivity index (χ0v) is 17.8. The fraction of sp³-hybridized carbons (Fsp3) is 0.250. The molecule has 0 fully saturated rings. The zero-order valence-electron chi connectivity index (χ0n) is 16.1. The van der Waals surface area contributed by atoms with E-state index in [2.05, 4.69) is 15.5 Å². The van der Waals surface area contributed by atoms with Gasteiger partial charge in [0.15, 0.2) is 0 Å². The predicted molar refractivity (Wildman–Crippen MR) is 115 cm³/mol. The zero-order chi connectivity index (χ0) is 20.9. The van der Waals surface area contributed by atoms with Gasteiger partial charge in [-0.1, -0.05) is 66.8 Å². The first-order valence-electron chi connectivity index (χ1n) is 9.24. The minimum atomic E-state index is -3.87. The molecule has 152 valence electrons. The quantitative estimate of drug-likeness (QED) is 0.548. The number of carbonyl (C=O) groups excluding carboxylic acids is 1. The van der Waals surface area contributed by atoms with Crippen LogP contribution in [0.15, 0.2) is 65.0 Å². The molecule has 0 radical (unpaired) electrons. The number of nitrogens with zero attached hydrogens (tertiary/aromatic N) is 3. The Hall–Kier alpha value is -2.78. The smallest absolute Gasteiger partial charge is 0.293 e. The van der Waals surface area contributed by atoms with Crippen LogP contribution in [0.3, 0.4) is 0 Å². The van der Waals surface area contributed by atoms with Crippen LogP contribution in [0, 0.1) is 0 Å². The van der Waals surface area contributed by atoms with Gasteiger partial charge in [-0.25, -0.2) is 0 Å². The lowest BCUT2D eigenvalue weighted by Crippen LogP contribution is -2.30. The van der Waals surface area contributed by atoms with E-state index in [0.717, 1.165) is 16.9 Å². The molecule has 1 amide bonds. The fourth-order valence-corrected chi connectivity index (χ4v) is 5.47. The van der Waals surface area contributed by atoms with Crippen molar-refractivity contribution in [2.24, 2.45) is 0 Å². The molecule has 1 unspecified atom stereocenters. The third kappa shape index (κ3) is 4.63. The van der Waals surface area contributed by atoms with Crippen LogP contribution < -0.4 is 9.62 Å². The molecule has 2 aromatic carbocycles. The van der Waals surface area contributed by atoms with Crippen LogP contribution in [-0.2, 0) is 14.8 Å². The van der Waals surface area contributed by atoms with Crippen molar-refractivity contribution < 1.29 is 13.2 Å². The van der Waals surface area contributed by atoms with E-state index in [1.165, 1.54) is 4.31 Å². The van der Waals surface area contributed by atoms with Crippen molar-refractivity contribution >= 4 is 38.1 Å². The summed E-state index contributed by atoms with van der Waals surface area (Å²) in [6, 6.07) is 18.2. The maximum Gasteiger partial charge on any atom is 0.293 e. The molecule has 0 spiro atoms. The highest BCUT2D eigenvalue weighted by molar-refractivity contribution is 7.94. The van der Waals surface area contributed by atoms with Crippen LogP contribution in [0.5, 0.6) is 0 Å². The average Bonchev–Trinajstić information content (AvgIpc) is 3.20. The van der Waals surface area contributed by atoms with Crippen molar-refractivity contribution in [1.82, 2.24) is 10.2 Å². The van der Waals surface area contributed by atoms with Gasteiger partial charge in [-0.15, -0.1) is 10.2 Å². The van der Waals surface area contributed by atoms with Gasteiger partial charge in [0.05, 0.1) is 11.6 Å². The molecule has 0 aliphatic carbocycles. The Balaban J connectivity index is 1.80. The second-order valence-electron chi connectivity index (χ2n) is 6.24. The van der Waals surface area contributed by atoms with Crippen LogP contribution in [0.25, 0.3) is 0 Å². The Kier molecular flexibility index (Phi) is 6.60. The minimum absolute atomic E-state index is 0.159. The van der Waals surface area contributed by atoms with E-state index in [-0.39, 0.29) is 27.8 Å². The van der Waals surface area contributed by atoms with Gasteiger partial charge in [0, 0.05) is 6.54 Å². The summed E-state index contributed by atoms with van der Waals surface area (Å²) >= 11 is 0.846. The maximum absolute atomic E-state index is 13.0. The second kappa shape index (κ2) is 9.15. The summed E-state index contributed by atoms with van der Waals surface area (Å²) in [6.45, 7) is 3.92. The summed E-state index contributed by atoms with van der Waals surface area (Å²) in [5.74, 6) is -0.592. The van der Waals surface area contributed by atoms with Gasteiger partial charge < -0.3 is 0 Å². The number of hydrogen-bond donors (Lipinski definition) is 1. The molecule has 0 aliphatic heterocycles. The number of anilines is 2. The molecule has 1 N–H and O–H groups in total. The van der Waals surface area contributed by atoms with Gasteiger partial charge in [-0.05, 0) is 31.0 Å². The van der Waals surface area contributed by atoms with Crippen molar-refractivity contribution in [2.45, 2.75) is 30.5 Å². The Labute approximate surface area is 174 Å². The highest BCUT2D eigenvalue weighted by atomic mass is 32.2. The van der Waals surface area contributed by atoms with Gasteiger partial charge in [-0.3, -0.25) is 14.4 Å². The van der Waals surface area contributed by atoms with E-state index < -0.39 is 10.0 Å². The summed E-state index contributed by atoms with van der Waals surface area (Å²) in [7, 11) is -3.87. The Bertz CT molecular complexity index is 1050. The van der Waals surface area contributed by atoms with Crippen LogP contribution in [-0.4, -0.2) is 31.1 Å². The summed E-state index contributed by atoms with van der Waals surface area (Å²) < 4.78 is 27.1. The van der Waals surface area contributed by atoms with Gasteiger partial charge >= 0.3 is 0 Å². The largest absolute Gasteiger partial charge is 0.300 e. The van der Waals surface area contributed by atoms with E-state index >= 15 is 0 Å². The lowest BCUT2D eigenvalue weighted by molar-refractivity contribution is -0.117. The normalized spacial score (nSPS) is 12.3. The average molecular weight is 431 g/mol. The van der Waals surface area contributed by atoms with E-state index in [4.69, 9.17) is 0 Å². The molecule has 0 saturated carbocycles. The minimum Gasteiger partial charge on any atom is -0.300 e. The number of para-hydroxylation sites is 1. The van der Waals surface area contributed by atoms with Crippen molar-refractivity contribution in [3.8, 4) is 0 Å². The molecular formula is C20H22N4O3S2. The first-order chi connectivity index (χ1) is 14.0. The second-order valence-corrected chi connectivity index (χ2v) is 9.25. The summed E-state index contributed by atoms with van der Waals surface area (Å²) in [6.07, 6.45) is 0.609. The van der Waals surface area contributed by atoms with Crippen molar-refractivity contribution in [1.29, 1.82) is 0 Å². The highest BCUT2D eigenvalue weighted by Crippen LogP contribution is 2.28. The van der Waals surface area contributed by atoms with Crippen molar-refractivity contribution in [3.05, 3.63) is 66.2 Å². The summed E-state index contributed by atoms with van der Waals surface area (Å²) in [5, 5.41) is 10.6. The number of aromatic nitrogens is 2. The highest BCUT2D eigenvalue weighted by Gasteiger charge is 2.29. The number of carbonyl (C=O) groups is 1. The fourth-order valence-electron chi connectivity index (χ4n) is 2.99. The molecule has 1 heterocycles. The van der Waals surface area contributed by atoms with Crippen molar-refractivity contribution in [3.63, 3.8) is 0 Å². The van der Waals surface area contributed by atoms with Crippen LogP contribution in [0.4, 0.5) is 10.8 Å². The number of amides is 1. The molecule has 3 aromatic rings. The number of nitrogens with one attached hydrogen (secondary N) is 1. The molecule has 7 nitrogen and oxygen atoms in total. The molecule has 0 bridgehead atoms. The first-order valence-corrected chi connectivity index (χ1v) is 11.5. The monoisotopic (exact) mass is 430 g/mol. The molecule has 1 aromatic heterocycles. The molecule has 29 heavy (non-hydrogen) atoms. The standard InChI is InChI=1S/C20H22N4O3S2/c1-3-17(15-11-7-5-8-12-15)18(25)21-19-22-23-20(28-19)29(26,27)24(4-2)16-13-9-6-10-14-16/h5-14,17H,3-4H2,1-2H3,(H,21,22,25). The third-order valence-corrected chi connectivity index (χ3v) is 7.49. The van der Waals surface area contributed by atoms with Crippen LogP contribution in [0.2, 0.25) is 0 Å². The lowest BCUT2D eigenvalue weighted by Gasteiger charge is -2.20.